The summed E-state index contributed by atoms with van der Waals surface area (Å²) >= 11 is 0. The molecule has 2 atom stereocenters. The highest BCUT2D eigenvalue weighted by Gasteiger charge is 2.40. The van der Waals surface area contributed by atoms with Gasteiger partial charge < -0.3 is 9.47 Å². The zero-order valence-electron chi connectivity index (χ0n) is 18.0. The largest absolute Gasteiger partial charge is 0.450 e. The van der Waals surface area contributed by atoms with E-state index in [1.807, 2.05) is 104 Å². The van der Waals surface area contributed by atoms with Crippen LogP contribution in [0, 0.1) is 6.92 Å². The molecule has 3 heteroatoms. The summed E-state index contributed by atoms with van der Waals surface area (Å²) in [5, 5.41) is 2.02. The van der Waals surface area contributed by atoms with Crippen LogP contribution in [0.3, 0.4) is 0 Å². The van der Waals surface area contributed by atoms with Gasteiger partial charge >= 0.3 is 5.97 Å². The predicted octanol–water partition coefficient (Wildman–Crippen LogP) is 6.34. The Labute approximate surface area is 183 Å². The molecule has 0 saturated carbocycles. The van der Waals surface area contributed by atoms with Crippen molar-refractivity contribution in [3.63, 3.8) is 0 Å². The fourth-order valence-electron chi connectivity index (χ4n) is 3.98. The zero-order valence-corrected chi connectivity index (χ0v) is 18.0. The van der Waals surface area contributed by atoms with Gasteiger partial charge in [-0.1, -0.05) is 97.1 Å². The molecule has 0 amide bonds. The lowest BCUT2D eigenvalue weighted by molar-refractivity contribution is -0.172. The maximum atomic E-state index is 13.7. The van der Waals surface area contributed by atoms with Gasteiger partial charge in [-0.3, -0.25) is 0 Å². The van der Waals surface area contributed by atoms with Gasteiger partial charge in [0.15, 0.2) is 11.7 Å². The molecule has 0 aliphatic carbocycles. The van der Waals surface area contributed by atoms with Gasteiger partial charge in [-0.2, -0.15) is 0 Å². The number of aryl methyl sites for hydroxylation is 1. The lowest BCUT2D eigenvalue weighted by Gasteiger charge is -2.30. The molecule has 0 aliphatic heterocycles. The summed E-state index contributed by atoms with van der Waals surface area (Å²) in [6, 6.07) is 31.7. The monoisotopic (exact) mass is 410 g/mol. The van der Waals surface area contributed by atoms with Gasteiger partial charge in [-0.05, 0) is 41.3 Å². The van der Waals surface area contributed by atoms with Gasteiger partial charge in [-0.15, -0.1) is 0 Å². The van der Waals surface area contributed by atoms with Crippen LogP contribution in [0.4, 0.5) is 0 Å². The normalized spacial score (nSPS) is 14.0. The molecule has 0 saturated heterocycles. The highest BCUT2D eigenvalue weighted by Crippen LogP contribution is 2.36. The molecular weight excluding hydrogens is 384 g/mol. The van der Waals surface area contributed by atoms with Crippen molar-refractivity contribution in [3.05, 3.63) is 119 Å². The quantitative estimate of drug-likeness (QED) is 0.348. The molecule has 0 aliphatic rings. The Morgan fingerprint density at radius 3 is 2.19 bits per heavy atom. The van der Waals surface area contributed by atoms with Crippen LogP contribution in [0.5, 0.6) is 0 Å². The number of ether oxygens (including phenoxy) is 2. The topological polar surface area (TPSA) is 35.5 Å². The first-order valence-corrected chi connectivity index (χ1v) is 10.4. The number of hydrogen-bond donors (Lipinski definition) is 0. The molecule has 0 unspecified atom stereocenters. The number of benzene rings is 4. The molecule has 156 valence electrons. The van der Waals surface area contributed by atoms with Crippen LogP contribution in [0.25, 0.3) is 10.8 Å². The number of methoxy groups -OCH3 is 1. The van der Waals surface area contributed by atoms with Crippen molar-refractivity contribution in [1.82, 2.24) is 0 Å². The van der Waals surface area contributed by atoms with E-state index in [1.54, 1.807) is 14.0 Å². The van der Waals surface area contributed by atoms with Crippen molar-refractivity contribution in [2.45, 2.75) is 25.6 Å². The van der Waals surface area contributed by atoms with E-state index >= 15 is 0 Å². The molecule has 4 aromatic rings. The van der Waals surface area contributed by atoms with Crippen LogP contribution in [-0.2, 0) is 19.9 Å². The Balaban J connectivity index is 1.77. The average Bonchev–Trinajstić information content (AvgIpc) is 2.82. The summed E-state index contributed by atoms with van der Waals surface area (Å²) in [5.74, 6) is -0.427. The second-order valence-corrected chi connectivity index (χ2v) is 7.82. The summed E-state index contributed by atoms with van der Waals surface area (Å²) < 4.78 is 12.0. The third-order valence-corrected chi connectivity index (χ3v) is 5.90. The van der Waals surface area contributed by atoms with Gasteiger partial charge in [0, 0.05) is 12.7 Å². The van der Waals surface area contributed by atoms with E-state index < -0.39 is 17.7 Å². The maximum Gasteiger partial charge on any atom is 0.343 e. The van der Waals surface area contributed by atoms with Crippen molar-refractivity contribution in [2.75, 3.05) is 7.11 Å². The Kier molecular flexibility index (Phi) is 5.88. The minimum Gasteiger partial charge on any atom is -0.450 e. The number of esters is 1. The predicted molar refractivity (Wildman–Crippen MR) is 124 cm³/mol. The maximum absolute atomic E-state index is 13.7. The summed E-state index contributed by atoms with van der Waals surface area (Å²) in [7, 11) is 1.55. The standard InChI is InChI=1S/C28H26O3/c1-20-12-7-9-17-23(20)26(22-14-5-4-6-15-22)31-27(29)28(2,30-3)25-19-11-16-21-13-8-10-18-24(21)25/h4-19,26H,1-3H3/t26-,28-/m0/s1. The molecule has 31 heavy (non-hydrogen) atoms. The fraction of sp³-hybridized carbons (Fsp3) is 0.179. The summed E-state index contributed by atoms with van der Waals surface area (Å²) in [5.41, 5.74) is 2.47. The van der Waals surface area contributed by atoms with Gasteiger partial charge in [0.25, 0.3) is 0 Å². The molecular formula is C28H26O3. The Morgan fingerprint density at radius 1 is 0.806 bits per heavy atom. The smallest absolute Gasteiger partial charge is 0.343 e. The molecule has 0 spiro atoms. The summed E-state index contributed by atoms with van der Waals surface area (Å²) in [4.78, 5) is 13.7. The van der Waals surface area contributed by atoms with Crippen molar-refractivity contribution in [3.8, 4) is 0 Å². The summed E-state index contributed by atoms with van der Waals surface area (Å²) in [6.45, 7) is 3.80. The SMILES string of the molecule is CO[C@](C)(C(=O)O[C@@H](c1ccccc1)c1ccccc1C)c1cccc2ccccc12. The number of carbonyl (C=O) groups excluding carboxylic acids is 1. The highest BCUT2D eigenvalue weighted by molar-refractivity contribution is 5.92. The molecule has 0 bridgehead atoms. The third kappa shape index (κ3) is 3.97. The molecule has 0 N–H and O–H groups in total. The third-order valence-electron chi connectivity index (χ3n) is 5.90. The van der Waals surface area contributed by atoms with E-state index in [-0.39, 0.29) is 0 Å². The zero-order chi connectivity index (χ0) is 21.8. The van der Waals surface area contributed by atoms with E-state index in [1.165, 1.54) is 0 Å². The average molecular weight is 411 g/mol. The molecule has 4 aromatic carbocycles. The molecule has 0 heterocycles. The molecule has 0 fully saturated rings. The van der Waals surface area contributed by atoms with Crippen LogP contribution in [0.2, 0.25) is 0 Å². The second kappa shape index (κ2) is 8.75. The first kappa shape index (κ1) is 20.8. The number of fused-ring (bicyclic) bond motifs is 1. The minimum atomic E-state index is -1.25. The van der Waals surface area contributed by atoms with Gasteiger partial charge in [-0.25, -0.2) is 4.79 Å². The number of carbonyl (C=O) groups is 1. The molecule has 0 aromatic heterocycles. The number of hydrogen-bond acceptors (Lipinski definition) is 3. The molecule has 4 rings (SSSR count). The second-order valence-electron chi connectivity index (χ2n) is 7.82. The first-order valence-electron chi connectivity index (χ1n) is 10.4. The van der Waals surface area contributed by atoms with Crippen LogP contribution < -0.4 is 0 Å². The van der Waals surface area contributed by atoms with E-state index in [4.69, 9.17) is 9.47 Å². The van der Waals surface area contributed by atoms with Gasteiger partial charge in [0.05, 0.1) is 0 Å². The van der Waals surface area contributed by atoms with Crippen molar-refractivity contribution >= 4 is 16.7 Å². The van der Waals surface area contributed by atoms with Crippen LogP contribution in [0.15, 0.2) is 97.1 Å². The Morgan fingerprint density at radius 2 is 1.45 bits per heavy atom. The summed E-state index contributed by atoms with van der Waals surface area (Å²) in [6.07, 6.45) is -0.528. The van der Waals surface area contributed by atoms with Gasteiger partial charge in [0.1, 0.15) is 0 Å². The van der Waals surface area contributed by atoms with E-state index in [9.17, 15) is 4.79 Å². The first-order chi connectivity index (χ1) is 15.0. The minimum absolute atomic E-state index is 0.427. The van der Waals surface area contributed by atoms with Crippen molar-refractivity contribution in [2.24, 2.45) is 0 Å². The Bertz CT molecular complexity index is 1190. The van der Waals surface area contributed by atoms with Gasteiger partial charge in [0.2, 0.25) is 0 Å². The highest BCUT2D eigenvalue weighted by atomic mass is 16.6. The van der Waals surface area contributed by atoms with Crippen LogP contribution >= 0.6 is 0 Å². The van der Waals surface area contributed by atoms with Crippen LogP contribution in [-0.4, -0.2) is 13.1 Å². The van der Waals surface area contributed by atoms with E-state index in [2.05, 4.69) is 0 Å². The van der Waals surface area contributed by atoms with E-state index in [0.717, 1.165) is 33.0 Å². The number of rotatable bonds is 6. The van der Waals surface area contributed by atoms with Crippen molar-refractivity contribution in [1.29, 1.82) is 0 Å². The lowest BCUT2D eigenvalue weighted by Crippen LogP contribution is -2.37. The lowest BCUT2D eigenvalue weighted by atomic mass is 9.90. The van der Waals surface area contributed by atoms with E-state index in [0.29, 0.717) is 0 Å². The Hall–Kier alpha value is -3.43. The van der Waals surface area contributed by atoms with Crippen LogP contribution in [0.1, 0.15) is 35.3 Å². The molecule has 3 nitrogen and oxygen atoms in total. The fourth-order valence-corrected chi connectivity index (χ4v) is 3.98. The van der Waals surface area contributed by atoms with Crippen molar-refractivity contribution < 1.29 is 14.3 Å². The molecule has 0 radical (unpaired) electrons.